The van der Waals surface area contributed by atoms with E-state index in [1.807, 2.05) is 18.5 Å². The second-order valence-corrected chi connectivity index (χ2v) is 6.05. The Balaban J connectivity index is 2.14. The molecule has 1 fully saturated rings. The van der Waals surface area contributed by atoms with Crippen molar-refractivity contribution in [3.8, 4) is 0 Å². The van der Waals surface area contributed by atoms with Crippen LogP contribution in [0.2, 0.25) is 0 Å². The fourth-order valence-electron chi connectivity index (χ4n) is 2.69. The Morgan fingerprint density at radius 2 is 2.32 bits per heavy atom. The molecule has 1 saturated heterocycles. The van der Waals surface area contributed by atoms with Crippen LogP contribution < -0.4 is 0 Å². The Kier molecular flexibility index (Phi) is 4.79. The van der Waals surface area contributed by atoms with Crippen LogP contribution in [-0.4, -0.2) is 28.8 Å². The zero-order valence-corrected chi connectivity index (χ0v) is 13.4. The van der Waals surface area contributed by atoms with E-state index in [-0.39, 0.29) is 5.92 Å². The van der Waals surface area contributed by atoms with Crippen molar-refractivity contribution in [1.82, 2.24) is 9.78 Å². The maximum atomic E-state index is 12.5. The lowest BCUT2D eigenvalue weighted by Crippen LogP contribution is -2.32. The van der Waals surface area contributed by atoms with Gasteiger partial charge in [-0.05, 0) is 42.1 Å². The summed E-state index contributed by atoms with van der Waals surface area (Å²) in [5.41, 5.74) is 1.95. The first-order valence-corrected chi connectivity index (χ1v) is 7.66. The predicted octanol–water partition coefficient (Wildman–Crippen LogP) is 2.76. The van der Waals surface area contributed by atoms with E-state index in [0.717, 1.165) is 28.8 Å². The minimum absolute atomic E-state index is 0.126. The van der Waals surface area contributed by atoms with Gasteiger partial charge in [-0.15, -0.1) is 0 Å². The third kappa shape index (κ3) is 3.08. The highest BCUT2D eigenvalue weighted by atomic mass is 79.9. The molecule has 0 saturated carbocycles. The molecule has 5 heteroatoms. The van der Waals surface area contributed by atoms with E-state index in [2.05, 4.69) is 28.0 Å². The number of Topliss-reactive ketones (excluding diaryl/α,β-unsaturated/α-hetero) is 1. The zero-order chi connectivity index (χ0) is 14.0. The van der Waals surface area contributed by atoms with Gasteiger partial charge in [0.25, 0.3) is 0 Å². The Labute approximate surface area is 122 Å². The van der Waals surface area contributed by atoms with Crippen LogP contribution in [0.1, 0.15) is 31.7 Å². The van der Waals surface area contributed by atoms with Crippen LogP contribution in [0.15, 0.2) is 4.47 Å². The second-order valence-electron chi connectivity index (χ2n) is 5.25. The van der Waals surface area contributed by atoms with Crippen molar-refractivity contribution in [2.45, 2.75) is 40.2 Å². The van der Waals surface area contributed by atoms with E-state index < -0.39 is 0 Å². The van der Waals surface area contributed by atoms with Gasteiger partial charge in [0.05, 0.1) is 15.9 Å². The lowest BCUT2D eigenvalue weighted by Gasteiger charge is -2.27. The molecule has 0 spiro atoms. The molecule has 1 aliphatic heterocycles. The summed E-state index contributed by atoms with van der Waals surface area (Å²) in [5, 5.41) is 4.44. The Morgan fingerprint density at radius 3 is 2.95 bits per heavy atom. The molecule has 1 aromatic heterocycles. The van der Waals surface area contributed by atoms with Crippen LogP contribution in [0.5, 0.6) is 0 Å². The first-order valence-electron chi connectivity index (χ1n) is 6.86. The van der Waals surface area contributed by atoms with Crippen molar-refractivity contribution in [2.75, 3.05) is 13.2 Å². The second kappa shape index (κ2) is 6.18. The van der Waals surface area contributed by atoms with Crippen molar-refractivity contribution in [3.05, 3.63) is 15.9 Å². The van der Waals surface area contributed by atoms with Crippen LogP contribution in [0.25, 0.3) is 0 Å². The first kappa shape index (κ1) is 14.7. The maximum absolute atomic E-state index is 12.5. The Morgan fingerprint density at radius 1 is 1.58 bits per heavy atom. The van der Waals surface area contributed by atoms with Crippen molar-refractivity contribution in [2.24, 2.45) is 11.8 Å². The summed E-state index contributed by atoms with van der Waals surface area (Å²) in [6, 6.07) is 0. The normalized spacial score (nSPS) is 23.6. The first-order chi connectivity index (χ1) is 9.04. The van der Waals surface area contributed by atoms with Crippen molar-refractivity contribution in [1.29, 1.82) is 0 Å². The molecule has 19 heavy (non-hydrogen) atoms. The minimum atomic E-state index is 0.126. The molecule has 0 radical (unpaired) electrons. The molecule has 1 aromatic rings. The van der Waals surface area contributed by atoms with Crippen molar-refractivity contribution in [3.63, 3.8) is 0 Å². The third-order valence-corrected chi connectivity index (χ3v) is 4.88. The molecule has 106 valence electrons. The van der Waals surface area contributed by atoms with Gasteiger partial charge in [-0.2, -0.15) is 5.10 Å². The molecule has 0 bridgehead atoms. The van der Waals surface area contributed by atoms with Gasteiger partial charge < -0.3 is 4.74 Å². The summed E-state index contributed by atoms with van der Waals surface area (Å²) in [5.74, 6) is 0.756. The number of ether oxygens (including phenoxy) is 1. The summed E-state index contributed by atoms with van der Waals surface area (Å²) in [6.45, 7) is 8.29. The van der Waals surface area contributed by atoms with Gasteiger partial charge in [0.2, 0.25) is 0 Å². The molecule has 0 N–H and O–H groups in total. The lowest BCUT2D eigenvalue weighted by molar-refractivity contribution is -0.127. The van der Waals surface area contributed by atoms with E-state index in [1.165, 1.54) is 0 Å². The number of aryl methyl sites for hydroxylation is 2. The van der Waals surface area contributed by atoms with E-state index in [4.69, 9.17) is 4.74 Å². The average molecular weight is 329 g/mol. The quantitative estimate of drug-likeness (QED) is 0.853. The number of carbonyl (C=O) groups is 1. The van der Waals surface area contributed by atoms with Gasteiger partial charge in [-0.3, -0.25) is 9.48 Å². The summed E-state index contributed by atoms with van der Waals surface area (Å²) >= 11 is 3.55. The summed E-state index contributed by atoms with van der Waals surface area (Å²) in [4.78, 5) is 12.5. The number of hydrogen-bond acceptors (Lipinski definition) is 3. The number of halogens is 1. The fraction of sp³-hybridized carbons (Fsp3) is 0.714. The predicted molar refractivity (Wildman–Crippen MR) is 77.1 cm³/mol. The molecule has 2 unspecified atom stereocenters. The van der Waals surface area contributed by atoms with Crippen molar-refractivity contribution < 1.29 is 9.53 Å². The van der Waals surface area contributed by atoms with Gasteiger partial charge >= 0.3 is 0 Å². The SMILES string of the molecule is CCn1nc(C)c(Br)c1CC(=O)C1CCOCC1C. The van der Waals surface area contributed by atoms with Crippen molar-refractivity contribution >= 4 is 21.7 Å². The smallest absolute Gasteiger partial charge is 0.142 e. The van der Waals surface area contributed by atoms with Crippen LogP contribution >= 0.6 is 15.9 Å². The largest absolute Gasteiger partial charge is 0.381 e. The Hall–Kier alpha value is -0.680. The standard InChI is InChI=1S/C14H21BrN2O2/c1-4-17-12(14(15)10(3)16-17)7-13(18)11-5-6-19-8-9(11)2/h9,11H,4-8H2,1-3H3. The van der Waals surface area contributed by atoms with Crippen LogP contribution in [0.4, 0.5) is 0 Å². The molecule has 0 amide bonds. The third-order valence-electron chi connectivity index (χ3n) is 3.85. The maximum Gasteiger partial charge on any atom is 0.142 e. The molecule has 2 heterocycles. The highest BCUT2D eigenvalue weighted by Crippen LogP contribution is 2.27. The average Bonchev–Trinajstić information content (AvgIpc) is 2.67. The monoisotopic (exact) mass is 328 g/mol. The number of rotatable bonds is 4. The minimum Gasteiger partial charge on any atom is -0.381 e. The summed E-state index contributed by atoms with van der Waals surface area (Å²) < 4.78 is 8.30. The topological polar surface area (TPSA) is 44.1 Å². The van der Waals surface area contributed by atoms with E-state index >= 15 is 0 Å². The summed E-state index contributed by atoms with van der Waals surface area (Å²) in [6.07, 6.45) is 1.31. The molecule has 4 nitrogen and oxygen atoms in total. The van der Waals surface area contributed by atoms with Crippen LogP contribution in [0, 0.1) is 18.8 Å². The van der Waals surface area contributed by atoms with Gasteiger partial charge in [0.1, 0.15) is 5.78 Å². The fourth-order valence-corrected chi connectivity index (χ4v) is 3.12. The van der Waals surface area contributed by atoms with Gasteiger partial charge in [-0.1, -0.05) is 6.92 Å². The summed E-state index contributed by atoms with van der Waals surface area (Å²) in [7, 11) is 0. The molecule has 0 aromatic carbocycles. The Bertz CT molecular complexity index is 470. The molecule has 1 aliphatic rings. The van der Waals surface area contributed by atoms with Gasteiger partial charge in [0.15, 0.2) is 0 Å². The van der Waals surface area contributed by atoms with E-state index in [9.17, 15) is 4.79 Å². The molecular formula is C14H21BrN2O2. The lowest BCUT2D eigenvalue weighted by atomic mass is 9.84. The molecule has 0 aliphatic carbocycles. The van der Waals surface area contributed by atoms with Crippen LogP contribution in [0.3, 0.4) is 0 Å². The van der Waals surface area contributed by atoms with E-state index in [0.29, 0.717) is 31.3 Å². The number of carbonyl (C=O) groups excluding carboxylic acids is 1. The van der Waals surface area contributed by atoms with Gasteiger partial charge in [-0.25, -0.2) is 0 Å². The van der Waals surface area contributed by atoms with E-state index in [1.54, 1.807) is 0 Å². The number of aromatic nitrogens is 2. The molecule has 2 rings (SSSR count). The molecular weight excluding hydrogens is 308 g/mol. The number of nitrogens with zero attached hydrogens (tertiary/aromatic N) is 2. The van der Waals surface area contributed by atoms with Gasteiger partial charge in [0, 0.05) is 32.1 Å². The molecule has 2 atom stereocenters. The van der Waals surface area contributed by atoms with Crippen LogP contribution in [-0.2, 0) is 22.5 Å². The highest BCUT2D eigenvalue weighted by molar-refractivity contribution is 9.10. The number of hydrogen-bond donors (Lipinski definition) is 0. The number of ketones is 1. The zero-order valence-electron chi connectivity index (χ0n) is 11.8. The highest BCUT2D eigenvalue weighted by Gasteiger charge is 2.29.